The van der Waals surface area contributed by atoms with Crippen molar-refractivity contribution in [3.8, 4) is 11.5 Å². The van der Waals surface area contributed by atoms with Gasteiger partial charge in [0.05, 0.1) is 7.11 Å². The SMILES string of the molecule is COS(=O)(=O)c1cc(CS(=O)(=O)O)c2ccc3c(O)cc(O)c4ccc1c2c34. The van der Waals surface area contributed by atoms with Crippen molar-refractivity contribution in [2.75, 3.05) is 7.11 Å². The summed E-state index contributed by atoms with van der Waals surface area (Å²) in [5.74, 6) is -1.24. The molecule has 28 heavy (non-hydrogen) atoms. The second-order valence-corrected chi connectivity index (χ2v) is 9.50. The Bertz CT molecular complexity index is 1450. The molecule has 0 aliphatic heterocycles. The molecule has 0 amide bonds. The topological polar surface area (TPSA) is 138 Å². The Morgan fingerprint density at radius 1 is 0.821 bits per heavy atom. The Balaban J connectivity index is 2.33. The van der Waals surface area contributed by atoms with E-state index in [9.17, 15) is 31.6 Å². The zero-order valence-electron chi connectivity index (χ0n) is 14.4. The van der Waals surface area contributed by atoms with Crippen LogP contribution in [0.5, 0.6) is 11.5 Å². The lowest BCUT2D eigenvalue weighted by atomic mass is 9.91. The van der Waals surface area contributed by atoms with Crippen LogP contribution in [-0.4, -0.2) is 38.7 Å². The lowest BCUT2D eigenvalue weighted by Crippen LogP contribution is -2.08. The maximum absolute atomic E-state index is 12.5. The average molecular weight is 422 g/mol. The first kappa shape index (κ1) is 18.7. The highest BCUT2D eigenvalue weighted by Gasteiger charge is 2.25. The van der Waals surface area contributed by atoms with Crippen LogP contribution in [0.1, 0.15) is 5.56 Å². The molecule has 0 saturated heterocycles. The van der Waals surface area contributed by atoms with Crippen LogP contribution in [0.3, 0.4) is 0 Å². The Hall–Kier alpha value is -2.66. The molecule has 0 saturated carbocycles. The number of aromatic hydroxyl groups is 2. The Labute approximate surface area is 159 Å². The third kappa shape index (κ3) is 2.73. The molecule has 0 atom stereocenters. The van der Waals surface area contributed by atoms with Crippen molar-refractivity contribution in [1.29, 1.82) is 0 Å². The molecular formula is C18H14O8S2. The third-order valence-corrected chi connectivity index (χ3v) is 6.72. The molecule has 0 heterocycles. The Kier molecular flexibility index (Phi) is 3.95. The fraction of sp³-hybridized carbons (Fsp3) is 0.111. The molecule has 4 rings (SSSR count). The van der Waals surface area contributed by atoms with Gasteiger partial charge in [-0.1, -0.05) is 12.1 Å². The van der Waals surface area contributed by atoms with Gasteiger partial charge in [-0.2, -0.15) is 16.8 Å². The molecule has 0 aromatic heterocycles. The van der Waals surface area contributed by atoms with Gasteiger partial charge in [-0.25, -0.2) is 0 Å². The highest BCUT2D eigenvalue weighted by molar-refractivity contribution is 7.87. The molecule has 0 fully saturated rings. The molecule has 146 valence electrons. The van der Waals surface area contributed by atoms with Crippen molar-refractivity contribution in [1.82, 2.24) is 0 Å². The van der Waals surface area contributed by atoms with E-state index in [2.05, 4.69) is 4.18 Å². The summed E-state index contributed by atoms with van der Waals surface area (Å²) in [4.78, 5) is -0.279. The smallest absolute Gasteiger partial charge is 0.297 e. The van der Waals surface area contributed by atoms with Gasteiger partial charge in [-0.15, -0.1) is 0 Å². The summed E-state index contributed by atoms with van der Waals surface area (Å²) in [5.41, 5.74) is 0.0443. The highest BCUT2D eigenvalue weighted by Crippen LogP contribution is 2.45. The summed E-state index contributed by atoms with van der Waals surface area (Å²) in [6.07, 6.45) is 0. The van der Waals surface area contributed by atoms with Crippen LogP contribution in [0.25, 0.3) is 32.3 Å². The molecule has 0 bridgehead atoms. The minimum atomic E-state index is -4.46. The van der Waals surface area contributed by atoms with Gasteiger partial charge in [0.1, 0.15) is 22.1 Å². The molecule has 3 N–H and O–H groups in total. The summed E-state index contributed by atoms with van der Waals surface area (Å²) in [6.45, 7) is 0. The van der Waals surface area contributed by atoms with E-state index >= 15 is 0 Å². The molecular weight excluding hydrogens is 408 g/mol. The molecule has 4 aromatic rings. The van der Waals surface area contributed by atoms with Crippen molar-refractivity contribution >= 4 is 52.6 Å². The van der Waals surface area contributed by atoms with Crippen molar-refractivity contribution in [2.45, 2.75) is 10.6 Å². The van der Waals surface area contributed by atoms with Crippen molar-refractivity contribution in [2.24, 2.45) is 0 Å². The predicted molar refractivity (Wildman–Crippen MR) is 103 cm³/mol. The van der Waals surface area contributed by atoms with E-state index in [0.717, 1.165) is 13.2 Å². The summed E-state index contributed by atoms with van der Waals surface area (Å²) < 4.78 is 61.8. The van der Waals surface area contributed by atoms with E-state index in [1.165, 1.54) is 30.3 Å². The van der Waals surface area contributed by atoms with E-state index in [-0.39, 0.29) is 27.3 Å². The van der Waals surface area contributed by atoms with Gasteiger partial charge >= 0.3 is 0 Å². The molecule has 4 aromatic carbocycles. The third-order valence-electron chi connectivity index (χ3n) is 4.73. The fourth-order valence-corrected chi connectivity index (χ4v) is 5.14. The number of benzene rings is 4. The predicted octanol–water partition coefficient (Wildman–Crippen LogP) is 2.72. The maximum atomic E-state index is 12.5. The summed E-state index contributed by atoms with van der Waals surface area (Å²) in [5, 5.41) is 22.5. The number of rotatable bonds is 4. The lowest BCUT2D eigenvalue weighted by molar-refractivity contribution is 0.398. The van der Waals surface area contributed by atoms with Crippen LogP contribution >= 0.6 is 0 Å². The van der Waals surface area contributed by atoms with Crippen LogP contribution in [-0.2, 0) is 30.2 Å². The summed E-state index contributed by atoms with van der Waals surface area (Å²) in [6, 6.07) is 8.38. The van der Waals surface area contributed by atoms with Crippen molar-refractivity contribution < 1.29 is 35.8 Å². The van der Waals surface area contributed by atoms with E-state index in [4.69, 9.17) is 0 Å². The van der Waals surface area contributed by atoms with Gasteiger partial charge in [-0.05, 0) is 34.5 Å². The zero-order valence-corrected chi connectivity index (χ0v) is 16.0. The highest BCUT2D eigenvalue weighted by atomic mass is 32.2. The van der Waals surface area contributed by atoms with E-state index in [1.807, 2.05) is 0 Å². The molecule has 0 spiro atoms. The van der Waals surface area contributed by atoms with Gasteiger partial charge in [0.15, 0.2) is 0 Å². The monoisotopic (exact) mass is 422 g/mol. The Morgan fingerprint density at radius 3 is 1.86 bits per heavy atom. The average Bonchev–Trinajstić information content (AvgIpc) is 2.61. The first-order valence-corrected chi connectivity index (χ1v) is 11.0. The van der Waals surface area contributed by atoms with Gasteiger partial charge < -0.3 is 10.2 Å². The lowest BCUT2D eigenvalue weighted by Gasteiger charge is -2.17. The number of phenols is 2. The first-order chi connectivity index (χ1) is 13.0. The molecule has 8 nitrogen and oxygen atoms in total. The van der Waals surface area contributed by atoms with Crippen molar-refractivity contribution in [3.05, 3.63) is 42.0 Å². The van der Waals surface area contributed by atoms with Crippen LogP contribution < -0.4 is 0 Å². The molecule has 10 heteroatoms. The standard InChI is InChI=1S/C18H14O8S2/c1-26-28(24,25)16-6-9(8-27(21,22)23)10-2-3-11-14(19)7-15(20)12-4-5-13(16)17(10)18(11)12/h2-7,19-20H,8H2,1H3,(H,21,22,23). The quantitative estimate of drug-likeness (QED) is 0.259. The van der Waals surface area contributed by atoms with Crippen LogP contribution in [0.2, 0.25) is 0 Å². The second kappa shape index (κ2) is 5.92. The van der Waals surface area contributed by atoms with Gasteiger partial charge in [-0.3, -0.25) is 8.74 Å². The van der Waals surface area contributed by atoms with E-state index in [1.54, 1.807) is 0 Å². The molecule has 0 aliphatic carbocycles. The van der Waals surface area contributed by atoms with Crippen LogP contribution in [0, 0.1) is 0 Å². The van der Waals surface area contributed by atoms with E-state index < -0.39 is 26.0 Å². The summed E-state index contributed by atoms with van der Waals surface area (Å²) in [7, 11) is -7.71. The number of phenolic OH excluding ortho intramolecular Hbond substituents is 2. The minimum absolute atomic E-state index is 0.0443. The van der Waals surface area contributed by atoms with E-state index in [0.29, 0.717) is 26.9 Å². The maximum Gasteiger partial charge on any atom is 0.297 e. The molecule has 0 aliphatic rings. The zero-order chi connectivity index (χ0) is 20.4. The minimum Gasteiger partial charge on any atom is -0.507 e. The number of hydrogen-bond donors (Lipinski definition) is 3. The van der Waals surface area contributed by atoms with Gasteiger partial charge in [0.25, 0.3) is 20.2 Å². The van der Waals surface area contributed by atoms with Crippen LogP contribution in [0.15, 0.2) is 41.3 Å². The van der Waals surface area contributed by atoms with Gasteiger partial charge in [0, 0.05) is 27.6 Å². The Morgan fingerprint density at radius 2 is 1.32 bits per heavy atom. The van der Waals surface area contributed by atoms with Crippen molar-refractivity contribution in [3.63, 3.8) is 0 Å². The van der Waals surface area contributed by atoms with Gasteiger partial charge in [0.2, 0.25) is 0 Å². The normalized spacial score (nSPS) is 13.1. The number of hydrogen-bond acceptors (Lipinski definition) is 7. The van der Waals surface area contributed by atoms with Crippen LogP contribution in [0.4, 0.5) is 0 Å². The molecule has 0 radical (unpaired) electrons. The summed E-state index contributed by atoms with van der Waals surface area (Å²) >= 11 is 0. The first-order valence-electron chi connectivity index (χ1n) is 7.94. The second-order valence-electron chi connectivity index (χ2n) is 6.37. The largest absolute Gasteiger partial charge is 0.507 e. The fourth-order valence-electron chi connectivity index (χ4n) is 3.61. The molecule has 0 unspecified atom stereocenters.